The Morgan fingerprint density at radius 3 is 2.00 bits per heavy atom. The molecule has 0 amide bonds. The maximum Gasteiger partial charge on any atom is 0.351 e. The van der Waals surface area contributed by atoms with Crippen LogP contribution in [0.5, 0.6) is 0 Å². The van der Waals surface area contributed by atoms with Crippen LogP contribution in [0.15, 0.2) is 0 Å². The van der Waals surface area contributed by atoms with Gasteiger partial charge in [0.15, 0.2) is 0 Å². The van der Waals surface area contributed by atoms with Crippen molar-refractivity contribution in [3.63, 3.8) is 0 Å². The van der Waals surface area contributed by atoms with Crippen molar-refractivity contribution >= 4 is 20.6 Å². The molecule has 9 nitrogen and oxygen atoms in total. The van der Waals surface area contributed by atoms with Gasteiger partial charge in [-0.2, -0.15) is 16.8 Å². The Balaban J connectivity index is 2.48. The lowest BCUT2D eigenvalue weighted by atomic mass is 10.3. The fourth-order valence-electron chi connectivity index (χ4n) is 1.60. The first-order chi connectivity index (χ1) is 8.21. The van der Waals surface area contributed by atoms with Gasteiger partial charge in [0.05, 0.1) is 13.2 Å². The minimum Gasteiger partial charge on any atom is -0.379 e. The number of hydrogen-bond donors (Lipinski definition) is 2. The molecule has 0 atom stereocenters. The second-order valence-electron chi connectivity index (χ2n) is 3.76. The molecule has 1 heterocycles. The summed E-state index contributed by atoms with van der Waals surface area (Å²) in [5, 5.41) is 0. The van der Waals surface area contributed by atoms with Crippen LogP contribution in [0.3, 0.4) is 0 Å². The van der Waals surface area contributed by atoms with Gasteiger partial charge in [-0.25, -0.2) is 0 Å². The second kappa shape index (κ2) is 6.23. The van der Waals surface area contributed by atoms with Crippen molar-refractivity contribution in [2.75, 3.05) is 39.4 Å². The van der Waals surface area contributed by atoms with Gasteiger partial charge in [0.25, 0.3) is 0 Å². The summed E-state index contributed by atoms with van der Waals surface area (Å²) in [4.78, 5) is 1.97. The van der Waals surface area contributed by atoms with Crippen molar-refractivity contribution in [2.24, 2.45) is 0 Å². The summed E-state index contributed by atoms with van der Waals surface area (Å²) in [5.41, 5.74) is 0. The summed E-state index contributed by atoms with van der Waals surface area (Å²) in [7, 11) is -9.95. The normalized spacial score (nSPS) is 19.3. The molecule has 0 aromatic carbocycles. The third kappa shape index (κ3) is 5.14. The molecule has 1 saturated heterocycles. The van der Waals surface area contributed by atoms with E-state index >= 15 is 0 Å². The topological polar surface area (TPSA) is 124 Å². The van der Waals surface area contributed by atoms with Crippen molar-refractivity contribution < 1.29 is 30.7 Å². The van der Waals surface area contributed by atoms with Gasteiger partial charge in [-0.3, -0.25) is 14.0 Å². The van der Waals surface area contributed by atoms with E-state index in [4.69, 9.17) is 13.8 Å². The Bertz CT molecular complexity index is 422. The van der Waals surface area contributed by atoms with Crippen LogP contribution >= 0.6 is 0 Å². The van der Waals surface area contributed by atoms with E-state index in [1.165, 1.54) is 0 Å². The zero-order valence-electron chi connectivity index (χ0n) is 9.60. The van der Waals surface area contributed by atoms with E-state index < -0.39 is 27.2 Å². The minimum absolute atomic E-state index is 0.166. The fourth-order valence-corrected chi connectivity index (χ4v) is 3.27. The van der Waals surface area contributed by atoms with Gasteiger partial charge in [0.1, 0.15) is 0 Å². The van der Waals surface area contributed by atoms with Crippen molar-refractivity contribution in [3.05, 3.63) is 0 Å². The lowest BCUT2D eigenvalue weighted by Crippen LogP contribution is -2.40. The van der Waals surface area contributed by atoms with Crippen LogP contribution in [-0.4, -0.2) is 73.9 Å². The molecule has 1 rings (SSSR count). The number of ether oxygens (including phenoxy) is 1. The standard InChI is InChI=1S/C7H16N2O7S2/c10-17(11,12)9(18(13,14)15)3-1-2-8-4-6-16-7-5-8/h1-7H2,(H,10,11,12)(H,13,14,15). The molecule has 0 saturated carbocycles. The fraction of sp³-hybridized carbons (Fsp3) is 1.00. The highest BCUT2D eigenvalue weighted by Crippen LogP contribution is 2.07. The highest BCUT2D eigenvalue weighted by molar-refractivity contribution is 7.98. The maximum atomic E-state index is 10.8. The van der Waals surface area contributed by atoms with Crippen LogP contribution in [0.2, 0.25) is 0 Å². The first kappa shape index (κ1) is 15.8. The molecule has 0 radical (unpaired) electrons. The number of hydrogen-bond acceptors (Lipinski definition) is 6. The smallest absolute Gasteiger partial charge is 0.351 e. The third-order valence-electron chi connectivity index (χ3n) is 2.43. The Morgan fingerprint density at radius 1 is 1.06 bits per heavy atom. The van der Waals surface area contributed by atoms with Gasteiger partial charge in [-0.15, -0.1) is 0 Å². The van der Waals surface area contributed by atoms with Crippen LogP contribution in [0.4, 0.5) is 0 Å². The largest absolute Gasteiger partial charge is 0.379 e. The number of nitrogens with zero attached hydrogens (tertiary/aromatic N) is 2. The van der Waals surface area contributed by atoms with E-state index in [-0.39, 0.29) is 10.1 Å². The molecule has 1 aliphatic rings. The SMILES string of the molecule is O=S(=O)(O)N(CCCN1CCOCC1)S(=O)(=O)O. The van der Waals surface area contributed by atoms with Crippen LogP contribution < -0.4 is 0 Å². The molecule has 108 valence electrons. The average molecular weight is 304 g/mol. The Morgan fingerprint density at radius 2 is 1.56 bits per heavy atom. The average Bonchev–Trinajstić information content (AvgIpc) is 2.22. The zero-order chi connectivity index (χ0) is 13.8. The van der Waals surface area contributed by atoms with Crippen LogP contribution in [-0.2, 0) is 25.3 Å². The summed E-state index contributed by atoms with van der Waals surface area (Å²) in [5.74, 6) is 0. The molecule has 0 aromatic rings. The molecule has 1 fully saturated rings. The molecule has 18 heavy (non-hydrogen) atoms. The van der Waals surface area contributed by atoms with Gasteiger partial charge < -0.3 is 4.74 Å². The molecule has 2 N–H and O–H groups in total. The van der Waals surface area contributed by atoms with Crippen LogP contribution in [0.1, 0.15) is 6.42 Å². The molecule has 0 bridgehead atoms. The van der Waals surface area contributed by atoms with Gasteiger partial charge in [-0.05, 0) is 16.7 Å². The summed E-state index contributed by atoms with van der Waals surface area (Å²) in [6.45, 7) is 2.44. The van der Waals surface area contributed by atoms with E-state index in [1.54, 1.807) is 0 Å². The molecule has 0 aliphatic carbocycles. The third-order valence-corrected chi connectivity index (χ3v) is 4.96. The van der Waals surface area contributed by atoms with Crippen molar-refractivity contribution in [1.29, 1.82) is 0 Å². The predicted molar refractivity (Wildman–Crippen MR) is 61.7 cm³/mol. The first-order valence-corrected chi connectivity index (χ1v) is 8.03. The van der Waals surface area contributed by atoms with E-state index in [9.17, 15) is 16.8 Å². The van der Waals surface area contributed by atoms with E-state index in [0.717, 1.165) is 0 Å². The molecule has 0 spiro atoms. The van der Waals surface area contributed by atoms with Crippen molar-refractivity contribution in [3.8, 4) is 0 Å². The van der Waals surface area contributed by atoms with E-state index in [0.29, 0.717) is 32.8 Å². The Kier molecular flexibility index (Phi) is 5.46. The van der Waals surface area contributed by atoms with Gasteiger partial charge in [-0.1, -0.05) is 0 Å². The second-order valence-corrected chi connectivity index (χ2v) is 6.66. The lowest BCUT2D eigenvalue weighted by Gasteiger charge is -2.26. The number of morpholine rings is 1. The molecule has 0 unspecified atom stereocenters. The zero-order valence-corrected chi connectivity index (χ0v) is 11.2. The Hall–Kier alpha value is -0.300. The van der Waals surface area contributed by atoms with Gasteiger partial charge in [0, 0.05) is 19.6 Å². The summed E-state index contributed by atoms with van der Waals surface area (Å²) >= 11 is 0. The summed E-state index contributed by atoms with van der Waals surface area (Å²) in [6.07, 6.45) is 0.166. The van der Waals surface area contributed by atoms with Gasteiger partial charge >= 0.3 is 20.6 Å². The minimum atomic E-state index is -4.97. The molecular weight excluding hydrogens is 288 g/mol. The number of rotatable bonds is 6. The van der Waals surface area contributed by atoms with E-state index in [2.05, 4.69) is 0 Å². The summed E-state index contributed by atoms with van der Waals surface area (Å²) in [6, 6.07) is 0. The predicted octanol–water partition coefficient (Wildman–Crippen LogP) is -1.38. The highest BCUT2D eigenvalue weighted by Gasteiger charge is 2.30. The Labute approximate surface area is 106 Å². The highest BCUT2D eigenvalue weighted by atomic mass is 32.3. The van der Waals surface area contributed by atoms with Crippen molar-refractivity contribution in [1.82, 2.24) is 8.61 Å². The quantitative estimate of drug-likeness (QED) is 0.575. The first-order valence-electron chi connectivity index (χ1n) is 5.24. The van der Waals surface area contributed by atoms with Crippen LogP contribution in [0.25, 0.3) is 0 Å². The molecule has 11 heteroatoms. The van der Waals surface area contributed by atoms with Gasteiger partial charge in [0.2, 0.25) is 0 Å². The monoisotopic (exact) mass is 304 g/mol. The lowest BCUT2D eigenvalue weighted by molar-refractivity contribution is 0.0372. The molecule has 1 aliphatic heterocycles. The maximum absolute atomic E-state index is 10.8. The molecular formula is C7H16N2O7S2. The molecule has 0 aromatic heterocycles. The summed E-state index contributed by atoms with van der Waals surface area (Å²) < 4.78 is 65.2. The van der Waals surface area contributed by atoms with E-state index in [1.807, 2.05) is 4.90 Å². The van der Waals surface area contributed by atoms with Crippen LogP contribution in [0, 0.1) is 0 Å². The van der Waals surface area contributed by atoms with Crippen molar-refractivity contribution in [2.45, 2.75) is 6.42 Å².